The van der Waals surface area contributed by atoms with Crippen LogP contribution >= 0.6 is 27.5 Å². The molecule has 2 aromatic rings. The minimum absolute atomic E-state index is 0.234. The number of hydrogen-bond acceptors (Lipinski definition) is 2. The van der Waals surface area contributed by atoms with Gasteiger partial charge in [0.1, 0.15) is 0 Å². The van der Waals surface area contributed by atoms with Crippen LogP contribution in [0.25, 0.3) is 0 Å². The number of methoxy groups -OCH3 is 2. The molecular weight excluding hydrogens is 352 g/mol. The van der Waals surface area contributed by atoms with Crippen molar-refractivity contribution in [2.24, 2.45) is 0 Å². The van der Waals surface area contributed by atoms with E-state index in [2.05, 4.69) is 35.0 Å². The van der Waals surface area contributed by atoms with Gasteiger partial charge in [-0.05, 0) is 60.4 Å². The fourth-order valence-corrected chi connectivity index (χ4v) is 3.17. The van der Waals surface area contributed by atoms with Crippen LogP contribution in [0.2, 0.25) is 0 Å². The van der Waals surface area contributed by atoms with Crippen LogP contribution in [0.3, 0.4) is 0 Å². The second-order valence-corrected chi connectivity index (χ2v) is 6.28. The maximum Gasteiger partial charge on any atom is 0.161 e. The molecule has 2 nitrogen and oxygen atoms in total. The van der Waals surface area contributed by atoms with E-state index in [1.54, 1.807) is 14.2 Å². The Hall–Kier alpha value is -1.19. The Morgan fingerprint density at radius 2 is 1.48 bits per heavy atom. The third-order valence-electron chi connectivity index (χ3n) is 3.56. The third-order valence-corrected chi connectivity index (χ3v) is 4.52. The molecule has 0 radical (unpaired) electrons. The number of rotatable bonds is 4. The third kappa shape index (κ3) is 3.35. The summed E-state index contributed by atoms with van der Waals surface area (Å²) in [6.07, 6.45) is 0. The normalized spacial score (nSPS) is 12.1. The quantitative estimate of drug-likeness (QED) is 0.671. The second kappa shape index (κ2) is 6.71. The molecule has 1 atom stereocenters. The van der Waals surface area contributed by atoms with Crippen LogP contribution in [0.4, 0.5) is 0 Å². The first-order chi connectivity index (χ1) is 9.97. The molecule has 112 valence electrons. The minimum Gasteiger partial charge on any atom is -0.493 e. The standard InChI is InChI=1S/C17H18BrClO2/c1-10-5-6-12(18)8-13(10)17(19)14-9-16(21-4)15(20-3)7-11(14)2/h5-9,17H,1-4H3. The van der Waals surface area contributed by atoms with Gasteiger partial charge in [0.25, 0.3) is 0 Å². The van der Waals surface area contributed by atoms with Gasteiger partial charge < -0.3 is 9.47 Å². The van der Waals surface area contributed by atoms with E-state index in [0.717, 1.165) is 26.7 Å². The molecule has 0 aliphatic carbocycles. The van der Waals surface area contributed by atoms with E-state index in [1.807, 2.05) is 25.1 Å². The van der Waals surface area contributed by atoms with E-state index in [-0.39, 0.29) is 5.38 Å². The Morgan fingerprint density at radius 3 is 2.10 bits per heavy atom. The Labute approximate surface area is 139 Å². The maximum atomic E-state index is 6.72. The topological polar surface area (TPSA) is 18.5 Å². The number of alkyl halides is 1. The predicted molar refractivity (Wildman–Crippen MR) is 90.9 cm³/mol. The maximum absolute atomic E-state index is 6.72. The molecule has 2 aromatic carbocycles. The molecule has 0 fully saturated rings. The zero-order valence-electron chi connectivity index (χ0n) is 12.5. The van der Waals surface area contributed by atoms with Gasteiger partial charge in [-0.3, -0.25) is 0 Å². The van der Waals surface area contributed by atoms with Crippen LogP contribution in [0.1, 0.15) is 27.6 Å². The lowest BCUT2D eigenvalue weighted by molar-refractivity contribution is 0.354. The van der Waals surface area contributed by atoms with Crippen LogP contribution in [0, 0.1) is 13.8 Å². The average molecular weight is 370 g/mol. The fourth-order valence-electron chi connectivity index (χ4n) is 2.32. The van der Waals surface area contributed by atoms with Crippen LogP contribution in [0.15, 0.2) is 34.8 Å². The van der Waals surface area contributed by atoms with E-state index in [1.165, 1.54) is 0 Å². The molecule has 4 heteroatoms. The lowest BCUT2D eigenvalue weighted by atomic mass is 9.96. The van der Waals surface area contributed by atoms with Crippen molar-refractivity contribution in [1.82, 2.24) is 0 Å². The first-order valence-corrected chi connectivity index (χ1v) is 7.83. The van der Waals surface area contributed by atoms with Crippen molar-refractivity contribution in [3.05, 3.63) is 57.1 Å². The summed E-state index contributed by atoms with van der Waals surface area (Å²) in [6, 6.07) is 10.0. The van der Waals surface area contributed by atoms with Crippen molar-refractivity contribution >= 4 is 27.5 Å². The van der Waals surface area contributed by atoms with Crippen LogP contribution in [-0.2, 0) is 0 Å². The van der Waals surface area contributed by atoms with Crippen molar-refractivity contribution in [3.8, 4) is 11.5 Å². The molecule has 21 heavy (non-hydrogen) atoms. The lowest BCUT2D eigenvalue weighted by Crippen LogP contribution is -2.01. The van der Waals surface area contributed by atoms with Gasteiger partial charge in [0.2, 0.25) is 0 Å². The van der Waals surface area contributed by atoms with Crippen LogP contribution in [0.5, 0.6) is 11.5 Å². The Kier molecular flexibility index (Phi) is 5.17. The molecule has 0 spiro atoms. The lowest BCUT2D eigenvalue weighted by Gasteiger charge is -2.18. The van der Waals surface area contributed by atoms with Gasteiger partial charge in [-0.2, -0.15) is 0 Å². The van der Waals surface area contributed by atoms with Gasteiger partial charge in [0.15, 0.2) is 11.5 Å². The first-order valence-electron chi connectivity index (χ1n) is 6.60. The van der Waals surface area contributed by atoms with Crippen molar-refractivity contribution in [2.75, 3.05) is 14.2 Å². The molecule has 1 unspecified atom stereocenters. The molecule has 0 saturated carbocycles. The van der Waals surface area contributed by atoms with E-state index >= 15 is 0 Å². The SMILES string of the molecule is COc1cc(C)c(C(Cl)c2cc(Br)ccc2C)cc1OC. The summed E-state index contributed by atoms with van der Waals surface area (Å²) in [6.45, 7) is 4.09. The zero-order chi connectivity index (χ0) is 15.6. The van der Waals surface area contributed by atoms with Gasteiger partial charge >= 0.3 is 0 Å². The van der Waals surface area contributed by atoms with E-state index in [0.29, 0.717) is 11.5 Å². The van der Waals surface area contributed by atoms with Crippen LogP contribution < -0.4 is 9.47 Å². The Bertz CT molecular complexity index is 655. The van der Waals surface area contributed by atoms with Gasteiger partial charge in [-0.25, -0.2) is 0 Å². The van der Waals surface area contributed by atoms with E-state index in [9.17, 15) is 0 Å². The number of ether oxygens (including phenoxy) is 2. The Balaban J connectivity index is 2.52. The van der Waals surface area contributed by atoms with Crippen molar-refractivity contribution < 1.29 is 9.47 Å². The van der Waals surface area contributed by atoms with Gasteiger partial charge in [-0.1, -0.05) is 22.0 Å². The molecule has 0 saturated heterocycles. The molecule has 0 aliphatic heterocycles. The molecule has 2 rings (SSSR count). The highest BCUT2D eigenvalue weighted by Gasteiger charge is 2.18. The Morgan fingerprint density at radius 1 is 0.905 bits per heavy atom. The summed E-state index contributed by atoms with van der Waals surface area (Å²) in [4.78, 5) is 0. The molecule has 0 bridgehead atoms. The molecule has 0 N–H and O–H groups in total. The molecule has 0 aliphatic rings. The van der Waals surface area contributed by atoms with Gasteiger partial charge in [0.05, 0.1) is 19.6 Å². The molecule has 0 heterocycles. The first kappa shape index (κ1) is 16.2. The summed E-state index contributed by atoms with van der Waals surface area (Å²) in [7, 11) is 3.26. The predicted octanol–water partition coefficient (Wildman–Crippen LogP) is 5.41. The average Bonchev–Trinajstić information content (AvgIpc) is 2.48. The van der Waals surface area contributed by atoms with Gasteiger partial charge in [-0.15, -0.1) is 11.6 Å². The number of benzene rings is 2. The number of hydrogen-bond donors (Lipinski definition) is 0. The summed E-state index contributed by atoms with van der Waals surface area (Å²) >= 11 is 10.2. The molecule has 0 aromatic heterocycles. The minimum atomic E-state index is -0.234. The van der Waals surface area contributed by atoms with Crippen molar-refractivity contribution in [1.29, 1.82) is 0 Å². The monoisotopic (exact) mass is 368 g/mol. The summed E-state index contributed by atoms with van der Waals surface area (Å²) in [5, 5.41) is -0.234. The van der Waals surface area contributed by atoms with E-state index < -0.39 is 0 Å². The van der Waals surface area contributed by atoms with Crippen LogP contribution in [-0.4, -0.2) is 14.2 Å². The number of halogens is 2. The zero-order valence-corrected chi connectivity index (χ0v) is 14.9. The highest BCUT2D eigenvalue weighted by molar-refractivity contribution is 9.10. The largest absolute Gasteiger partial charge is 0.493 e. The highest BCUT2D eigenvalue weighted by Crippen LogP contribution is 2.39. The van der Waals surface area contributed by atoms with E-state index in [4.69, 9.17) is 21.1 Å². The van der Waals surface area contributed by atoms with Crippen molar-refractivity contribution in [3.63, 3.8) is 0 Å². The molecular formula is C17H18BrClO2. The highest BCUT2D eigenvalue weighted by atomic mass is 79.9. The number of aryl methyl sites for hydroxylation is 2. The fraction of sp³-hybridized carbons (Fsp3) is 0.294. The summed E-state index contributed by atoms with van der Waals surface area (Å²) in [5.41, 5.74) is 4.34. The smallest absolute Gasteiger partial charge is 0.161 e. The second-order valence-electron chi connectivity index (χ2n) is 4.93. The summed E-state index contributed by atoms with van der Waals surface area (Å²) < 4.78 is 11.7. The van der Waals surface area contributed by atoms with Gasteiger partial charge in [0, 0.05) is 4.47 Å². The summed E-state index contributed by atoms with van der Waals surface area (Å²) in [5.74, 6) is 1.41. The van der Waals surface area contributed by atoms with Crippen molar-refractivity contribution in [2.45, 2.75) is 19.2 Å². The molecule has 0 amide bonds.